The number of amides is 2. The number of aliphatic hydroxyl groups excluding tert-OH is 1. The molecule has 70 heavy (non-hydrogen) atoms. The number of benzene rings is 4. The third-order valence-electron chi connectivity index (χ3n) is 9.28. The molecule has 2 heterocycles. The molecule has 0 saturated carbocycles. The molecule has 0 aliphatic carbocycles. The van der Waals surface area contributed by atoms with Crippen molar-refractivity contribution in [2.24, 2.45) is 11.8 Å². The van der Waals surface area contributed by atoms with Crippen LogP contribution >= 0.6 is 23.2 Å². The number of hydrogen-bond acceptors (Lipinski definition) is 15. The molecular formula is C52H61Cl2N7O9. The molecule has 2 aromatic heterocycles. The van der Waals surface area contributed by atoms with E-state index >= 15 is 0 Å². The average molecular weight is 999 g/mol. The van der Waals surface area contributed by atoms with Gasteiger partial charge in [0.15, 0.2) is 23.3 Å². The second kappa shape index (κ2) is 24.3. The Morgan fingerprint density at radius 3 is 1.29 bits per heavy atom. The number of methoxy groups -OCH3 is 2. The van der Waals surface area contributed by atoms with Crippen molar-refractivity contribution in [2.45, 2.75) is 93.6 Å². The summed E-state index contributed by atoms with van der Waals surface area (Å²) in [5, 5.41) is 10.2. The van der Waals surface area contributed by atoms with Gasteiger partial charge in [0.05, 0.1) is 50.6 Å². The fourth-order valence-electron chi connectivity index (χ4n) is 6.03. The Morgan fingerprint density at radius 1 is 0.557 bits per heavy atom. The lowest BCUT2D eigenvalue weighted by Crippen LogP contribution is -2.43. The predicted octanol–water partition coefficient (Wildman–Crippen LogP) is 12.0. The number of halogens is 2. The molecule has 0 fully saturated rings. The number of hydrogen-bond donors (Lipinski definition) is 1. The standard InChI is InChI=1S/C31H39ClN4O6.C21H22ClN3O3/c1-19(2)18-40-22-13-11-21(12-14-22)25-33-26(35-27(34-25)39-9)23-16-20(10-15-24(23)32)17-36(28(37)41-30(3,4)5)29(38)42-31(6,7)8;1-13(2)12-28-16-7-5-15(6-8-16)19-23-20(25-21(24-19)27-3)17-10-14(11-26)4-9-18(17)22/h10-16,19H,17-18H2,1-9H3;4-10,13,26H,11-12H2,1-3H3. The van der Waals surface area contributed by atoms with Crippen LogP contribution in [0.5, 0.6) is 23.5 Å². The molecule has 0 aliphatic heterocycles. The van der Waals surface area contributed by atoms with Crippen LogP contribution in [0.25, 0.3) is 45.6 Å². The number of aliphatic hydroxyl groups is 1. The number of aromatic nitrogens is 6. The van der Waals surface area contributed by atoms with Crippen molar-refractivity contribution in [3.05, 3.63) is 106 Å². The van der Waals surface area contributed by atoms with Gasteiger partial charge in [0.1, 0.15) is 22.7 Å². The lowest BCUT2D eigenvalue weighted by Gasteiger charge is -2.28. The highest BCUT2D eigenvalue weighted by Gasteiger charge is 2.32. The number of nitrogens with zero attached hydrogens (tertiary/aromatic N) is 7. The minimum Gasteiger partial charge on any atom is -0.493 e. The maximum Gasteiger partial charge on any atom is 0.420 e. The zero-order chi connectivity index (χ0) is 51.3. The molecule has 0 bridgehead atoms. The highest BCUT2D eigenvalue weighted by atomic mass is 35.5. The van der Waals surface area contributed by atoms with Gasteiger partial charge in [-0.15, -0.1) is 0 Å². The van der Waals surface area contributed by atoms with E-state index in [1.807, 2.05) is 48.5 Å². The third-order valence-corrected chi connectivity index (χ3v) is 9.94. The summed E-state index contributed by atoms with van der Waals surface area (Å²) < 4.78 is 33.1. The molecular weight excluding hydrogens is 938 g/mol. The van der Waals surface area contributed by atoms with E-state index in [1.165, 1.54) is 14.2 Å². The minimum absolute atomic E-state index is 0.0979. The highest BCUT2D eigenvalue weighted by Crippen LogP contribution is 2.32. The molecule has 0 atom stereocenters. The van der Waals surface area contributed by atoms with Gasteiger partial charge in [0, 0.05) is 22.3 Å². The second-order valence-corrected chi connectivity index (χ2v) is 19.5. The molecule has 372 valence electrons. The van der Waals surface area contributed by atoms with Gasteiger partial charge in [-0.2, -0.15) is 19.9 Å². The van der Waals surface area contributed by atoms with Gasteiger partial charge < -0.3 is 33.5 Å². The molecule has 4 aromatic carbocycles. The quantitative estimate of drug-likeness (QED) is 0.102. The largest absolute Gasteiger partial charge is 0.493 e. The first kappa shape index (κ1) is 54.3. The van der Waals surface area contributed by atoms with Crippen LogP contribution in [-0.2, 0) is 22.6 Å². The molecule has 18 heteroatoms. The maximum atomic E-state index is 13.0. The number of rotatable bonds is 15. The van der Waals surface area contributed by atoms with Crippen LogP contribution in [0.15, 0.2) is 84.9 Å². The van der Waals surface area contributed by atoms with Crippen molar-refractivity contribution in [3.8, 4) is 69.1 Å². The molecule has 0 spiro atoms. The molecule has 0 aliphatic rings. The molecule has 1 N–H and O–H groups in total. The summed E-state index contributed by atoms with van der Waals surface area (Å²) >= 11 is 12.9. The lowest BCUT2D eigenvalue weighted by atomic mass is 10.1. The third kappa shape index (κ3) is 16.2. The predicted molar refractivity (Wildman–Crippen MR) is 269 cm³/mol. The summed E-state index contributed by atoms with van der Waals surface area (Å²) in [6.07, 6.45) is -1.67. The van der Waals surface area contributed by atoms with E-state index in [1.54, 1.807) is 77.9 Å². The normalized spacial score (nSPS) is 11.4. The van der Waals surface area contributed by atoms with Crippen LogP contribution < -0.4 is 18.9 Å². The first-order chi connectivity index (χ1) is 33.0. The van der Waals surface area contributed by atoms with E-state index in [0.717, 1.165) is 27.5 Å². The Morgan fingerprint density at radius 2 is 0.929 bits per heavy atom. The Bertz CT molecular complexity index is 2680. The Hall–Kier alpha value is -6.62. The summed E-state index contributed by atoms with van der Waals surface area (Å²) in [4.78, 5) is 53.6. The van der Waals surface area contributed by atoms with Crippen molar-refractivity contribution in [1.82, 2.24) is 34.8 Å². The zero-order valence-corrected chi connectivity index (χ0v) is 43.2. The molecule has 0 radical (unpaired) electrons. The minimum atomic E-state index is -0.835. The van der Waals surface area contributed by atoms with Crippen molar-refractivity contribution >= 4 is 35.4 Å². The molecule has 0 saturated heterocycles. The monoisotopic (exact) mass is 997 g/mol. The Balaban J connectivity index is 0.000000282. The molecule has 6 aromatic rings. The van der Waals surface area contributed by atoms with E-state index in [4.69, 9.17) is 51.6 Å². The van der Waals surface area contributed by atoms with Gasteiger partial charge in [-0.3, -0.25) is 0 Å². The van der Waals surface area contributed by atoms with Gasteiger partial charge in [-0.1, -0.05) is 63.0 Å². The van der Waals surface area contributed by atoms with Crippen molar-refractivity contribution in [1.29, 1.82) is 0 Å². The number of carbonyl (C=O) groups is 2. The van der Waals surface area contributed by atoms with E-state index in [2.05, 4.69) is 57.6 Å². The summed E-state index contributed by atoms with van der Waals surface area (Å²) in [5.41, 5.74) is 2.23. The summed E-state index contributed by atoms with van der Waals surface area (Å²) in [7, 11) is 2.96. The Labute approximate surface area is 419 Å². The fourth-order valence-corrected chi connectivity index (χ4v) is 6.43. The SMILES string of the molecule is COc1nc(-c2ccc(OCC(C)C)cc2)nc(-c2cc(CN(C(=O)OC(C)(C)C)C(=O)OC(C)(C)C)ccc2Cl)n1.COc1nc(-c2ccc(OCC(C)C)cc2)nc(-c2cc(CO)ccc2Cl)n1. The summed E-state index contributed by atoms with van der Waals surface area (Å²) in [5.74, 6) is 3.85. The topological polar surface area (TPSA) is 190 Å². The first-order valence-electron chi connectivity index (χ1n) is 22.5. The van der Waals surface area contributed by atoms with E-state index in [-0.39, 0.29) is 31.0 Å². The van der Waals surface area contributed by atoms with Crippen LogP contribution in [0.3, 0.4) is 0 Å². The zero-order valence-electron chi connectivity index (χ0n) is 41.7. The van der Waals surface area contributed by atoms with Crippen molar-refractivity contribution in [2.75, 3.05) is 27.4 Å². The summed E-state index contributed by atoms with van der Waals surface area (Å²) in [6.45, 7) is 19.7. The van der Waals surface area contributed by atoms with Crippen LogP contribution in [0, 0.1) is 11.8 Å². The van der Waals surface area contributed by atoms with E-state index in [9.17, 15) is 14.7 Å². The van der Waals surface area contributed by atoms with Gasteiger partial charge in [-0.05, 0) is 137 Å². The van der Waals surface area contributed by atoms with Crippen molar-refractivity contribution in [3.63, 3.8) is 0 Å². The van der Waals surface area contributed by atoms with E-state index in [0.29, 0.717) is 74.8 Å². The summed E-state index contributed by atoms with van der Waals surface area (Å²) in [6, 6.07) is 25.5. The highest BCUT2D eigenvalue weighted by molar-refractivity contribution is 6.33. The lowest BCUT2D eigenvalue weighted by molar-refractivity contribution is -0.000268. The number of ether oxygens (including phenoxy) is 6. The van der Waals surface area contributed by atoms with Crippen LogP contribution in [-0.4, -0.2) is 90.7 Å². The van der Waals surface area contributed by atoms with Gasteiger partial charge in [-0.25, -0.2) is 24.5 Å². The van der Waals surface area contributed by atoms with Crippen LogP contribution in [0.1, 0.15) is 80.4 Å². The number of imide groups is 1. The molecule has 16 nitrogen and oxygen atoms in total. The van der Waals surface area contributed by atoms with Gasteiger partial charge >= 0.3 is 24.2 Å². The fraction of sp³-hybridized carbons (Fsp3) is 0.385. The second-order valence-electron chi connectivity index (χ2n) is 18.7. The molecule has 0 unspecified atom stereocenters. The molecule has 6 rings (SSSR count). The van der Waals surface area contributed by atoms with Crippen molar-refractivity contribution < 1.29 is 43.1 Å². The van der Waals surface area contributed by atoms with Crippen LogP contribution in [0.2, 0.25) is 10.0 Å². The molecule has 2 amide bonds. The average Bonchev–Trinajstić information content (AvgIpc) is 3.31. The Kier molecular flexibility index (Phi) is 18.8. The van der Waals surface area contributed by atoms with Crippen LogP contribution in [0.4, 0.5) is 9.59 Å². The first-order valence-corrected chi connectivity index (χ1v) is 23.3. The smallest absolute Gasteiger partial charge is 0.420 e. The maximum absolute atomic E-state index is 13.0. The van der Waals surface area contributed by atoms with E-state index < -0.39 is 23.4 Å². The van der Waals surface area contributed by atoms with Gasteiger partial charge in [0.2, 0.25) is 0 Å². The number of carbonyl (C=O) groups excluding carboxylic acids is 2. The van der Waals surface area contributed by atoms with Gasteiger partial charge in [0.25, 0.3) is 0 Å².